The molecule has 1 aromatic carbocycles. The molecule has 1 N–H and O–H groups in total. The minimum atomic E-state index is -0.320. The first-order valence-corrected chi connectivity index (χ1v) is 5.83. The Morgan fingerprint density at radius 1 is 1.35 bits per heavy atom. The van der Waals surface area contributed by atoms with E-state index in [4.69, 9.17) is 4.74 Å². The van der Waals surface area contributed by atoms with Crippen LogP contribution in [0.1, 0.15) is 12.5 Å². The minimum absolute atomic E-state index is 0.320. The van der Waals surface area contributed by atoms with Gasteiger partial charge in [0.05, 0.1) is 6.61 Å². The van der Waals surface area contributed by atoms with Gasteiger partial charge in [-0.05, 0) is 25.5 Å². The SMILES string of the molecule is C=C(CNCCc1ccccc1)C(=O)OCC. The third-order valence-corrected chi connectivity index (χ3v) is 2.34. The fourth-order valence-corrected chi connectivity index (χ4v) is 1.42. The molecule has 0 amide bonds. The standard InChI is InChI=1S/C14H19NO2/c1-3-17-14(16)12(2)11-15-10-9-13-7-5-4-6-8-13/h4-8,15H,2-3,9-11H2,1H3. The summed E-state index contributed by atoms with van der Waals surface area (Å²) >= 11 is 0. The van der Waals surface area contributed by atoms with Gasteiger partial charge in [0.2, 0.25) is 0 Å². The van der Waals surface area contributed by atoms with E-state index in [2.05, 4.69) is 24.0 Å². The molecule has 0 heterocycles. The molecule has 17 heavy (non-hydrogen) atoms. The summed E-state index contributed by atoms with van der Waals surface area (Å²) in [5.74, 6) is -0.320. The van der Waals surface area contributed by atoms with Crippen molar-refractivity contribution in [2.75, 3.05) is 19.7 Å². The molecule has 0 saturated heterocycles. The molecule has 0 bridgehead atoms. The molecule has 0 atom stereocenters. The average molecular weight is 233 g/mol. The lowest BCUT2D eigenvalue weighted by Gasteiger charge is -2.07. The molecule has 3 heteroatoms. The zero-order chi connectivity index (χ0) is 12.5. The van der Waals surface area contributed by atoms with Gasteiger partial charge in [0.1, 0.15) is 0 Å². The predicted molar refractivity (Wildman–Crippen MR) is 68.8 cm³/mol. The number of hydrogen-bond acceptors (Lipinski definition) is 3. The number of esters is 1. The molecule has 0 unspecified atom stereocenters. The minimum Gasteiger partial charge on any atom is -0.463 e. The Morgan fingerprint density at radius 3 is 2.71 bits per heavy atom. The number of carbonyl (C=O) groups excluding carboxylic acids is 1. The summed E-state index contributed by atoms with van der Waals surface area (Å²) in [6.07, 6.45) is 0.941. The number of rotatable bonds is 7. The van der Waals surface area contributed by atoms with Gasteiger partial charge in [-0.2, -0.15) is 0 Å². The van der Waals surface area contributed by atoms with Crippen LogP contribution in [-0.4, -0.2) is 25.7 Å². The summed E-state index contributed by atoms with van der Waals surface area (Å²) in [5.41, 5.74) is 1.75. The Bertz CT molecular complexity index is 360. The van der Waals surface area contributed by atoms with Crippen LogP contribution in [0.2, 0.25) is 0 Å². The Morgan fingerprint density at radius 2 is 2.06 bits per heavy atom. The van der Waals surface area contributed by atoms with Crippen molar-refractivity contribution in [3.63, 3.8) is 0 Å². The van der Waals surface area contributed by atoms with E-state index >= 15 is 0 Å². The molecule has 0 aliphatic rings. The largest absolute Gasteiger partial charge is 0.463 e. The molecule has 0 fully saturated rings. The number of ether oxygens (including phenoxy) is 1. The third-order valence-electron chi connectivity index (χ3n) is 2.34. The van der Waals surface area contributed by atoms with Crippen molar-refractivity contribution < 1.29 is 9.53 Å². The summed E-state index contributed by atoms with van der Waals surface area (Å²) in [6.45, 7) is 7.16. The highest BCUT2D eigenvalue weighted by molar-refractivity contribution is 5.88. The van der Waals surface area contributed by atoms with E-state index in [0.717, 1.165) is 13.0 Å². The van der Waals surface area contributed by atoms with Gasteiger partial charge >= 0.3 is 5.97 Å². The Balaban J connectivity index is 2.16. The molecule has 1 rings (SSSR count). The van der Waals surface area contributed by atoms with Crippen LogP contribution in [0.25, 0.3) is 0 Å². The Labute approximate surface area is 102 Å². The fraction of sp³-hybridized carbons (Fsp3) is 0.357. The zero-order valence-corrected chi connectivity index (χ0v) is 10.2. The summed E-state index contributed by atoms with van der Waals surface area (Å²) < 4.78 is 4.84. The normalized spacial score (nSPS) is 9.94. The molecule has 0 radical (unpaired) electrons. The Hall–Kier alpha value is -1.61. The fourth-order valence-electron chi connectivity index (χ4n) is 1.42. The topological polar surface area (TPSA) is 38.3 Å². The van der Waals surface area contributed by atoms with Gasteiger partial charge in [-0.25, -0.2) is 4.79 Å². The van der Waals surface area contributed by atoms with Crippen molar-refractivity contribution in [3.05, 3.63) is 48.0 Å². The van der Waals surface area contributed by atoms with Crippen LogP contribution < -0.4 is 5.32 Å². The number of carbonyl (C=O) groups is 1. The van der Waals surface area contributed by atoms with Gasteiger partial charge < -0.3 is 10.1 Å². The van der Waals surface area contributed by atoms with E-state index in [1.165, 1.54) is 5.56 Å². The predicted octanol–water partition coefficient (Wildman–Crippen LogP) is 1.94. The first-order valence-electron chi connectivity index (χ1n) is 5.83. The number of hydrogen-bond donors (Lipinski definition) is 1. The van der Waals surface area contributed by atoms with Crippen LogP contribution in [-0.2, 0) is 16.0 Å². The summed E-state index contributed by atoms with van der Waals surface area (Å²) in [6, 6.07) is 10.2. The van der Waals surface area contributed by atoms with Crippen molar-refractivity contribution in [1.82, 2.24) is 5.32 Å². The van der Waals surface area contributed by atoms with Gasteiger partial charge in [0.15, 0.2) is 0 Å². The van der Waals surface area contributed by atoms with E-state index in [1.54, 1.807) is 6.92 Å². The molecule has 0 aromatic heterocycles. The molecular weight excluding hydrogens is 214 g/mol. The second-order valence-electron chi connectivity index (χ2n) is 3.74. The van der Waals surface area contributed by atoms with Crippen molar-refractivity contribution >= 4 is 5.97 Å². The lowest BCUT2D eigenvalue weighted by molar-refractivity contribution is -0.138. The van der Waals surface area contributed by atoms with Crippen LogP contribution in [0.4, 0.5) is 0 Å². The maximum absolute atomic E-state index is 11.2. The average Bonchev–Trinajstić information content (AvgIpc) is 2.36. The highest BCUT2D eigenvalue weighted by atomic mass is 16.5. The van der Waals surface area contributed by atoms with Gasteiger partial charge in [-0.1, -0.05) is 36.9 Å². The van der Waals surface area contributed by atoms with Crippen molar-refractivity contribution in [1.29, 1.82) is 0 Å². The lowest BCUT2D eigenvalue weighted by atomic mass is 10.1. The number of nitrogens with one attached hydrogen (secondary N) is 1. The monoisotopic (exact) mass is 233 g/mol. The van der Waals surface area contributed by atoms with E-state index in [1.807, 2.05) is 18.2 Å². The maximum Gasteiger partial charge on any atom is 0.334 e. The second-order valence-corrected chi connectivity index (χ2v) is 3.74. The summed E-state index contributed by atoms with van der Waals surface area (Å²) in [4.78, 5) is 11.2. The first-order chi connectivity index (χ1) is 8.24. The van der Waals surface area contributed by atoms with Crippen molar-refractivity contribution in [3.8, 4) is 0 Å². The highest BCUT2D eigenvalue weighted by Gasteiger charge is 2.06. The quantitative estimate of drug-likeness (QED) is 0.444. The van der Waals surface area contributed by atoms with E-state index in [-0.39, 0.29) is 5.97 Å². The van der Waals surface area contributed by atoms with Crippen LogP contribution >= 0.6 is 0 Å². The third kappa shape index (κ3) is 5.31. The van der Waals surface area contributed by atoms with Gasteiger partial charge in [-0.3, -0.25) is 0 Å². The van der Waals surface area contributed by atoms with E-state index in [0.29, 0.717) is 18.7 Å². The van der Waals surface area contributed by atoms with Gasteiger partial charge in [0.25, 0.3) is 0 Å². The van der Waals surface area contributed by atoms with Crippen LogP contribution in [0.15, 0.2) is 42.5 Å². The van der Waals surface area contributed by atoms with Crippen molar-refractivity contribution in [2.45, 2.75) is 13.3 Å². The molecule has 0 aliphatic heterocycles. The molecule has 0 aliphatic carbocycles. The van der Waals surface area contributed by atoms with Gasteiger partial charge in [-0.15, -0.1) is 0 Å². The van der Waals surface area contributed by atoms with Crippen LogP contribution in [0.3, 0.4) is 0 Å². The molecule has 92 valence electrons. The second kappa shape index (κ2) is 7.63. The smallest absolute Gasteiger partial charge is 0.334 e. The van der Waals surface area contributed by atoms with Gasteiger partial charge in [0, 0.05) is 12.1 Å². The Kier molecular flexibility index (Phi) is 6.04. The van der Waals surface area contributed by atoms with Crippen LogP contribution in [0, 0.1) is 0 Å². The first kappa shape index (κ1) is 13.5. The van der Waals surface area contributed by atoms with E-state index < -0.39 is 0 Å². The van der Waals surface area contributed by atoms with E-state index in [9.17, 15) is 4.79 Å². The lowest BCUT2D eigenvalue weighted by Crippen LogP contribution is -2.23. The molecule has 0 spiro atoms. The highest BCUT2D eigenvalue weighted by Crippen LogP contribution is 1.98. The molecular formula is C14H19NO2. The summed E-state index contributed by atoms with van der Waals surface area (Å²) in [5, 5.41) is 3.17. The molecule has 0 saturated carbocycles. The molecule has 1 aromatic rings. The maximum atomic E-state index is 11.2. The van der Waals surface area contributed by atoms with Crippen molar-refractivity contribution in [2.24, 2.45) is 0 Å². The zero-order valence-electron chi connectivity index (χ0n) is 10.2. The summed E-state index contributed by atoms with van der Waals surface area (Å²) in [7, 11) is 0. The van der Waals surface area contributed by atoms with Crippen LogP contribution in [0.5, 0.6) is 0 Å². The molecule has 3 nitrogen and oxygen atoms in total. The number of benzene rings is 1.